The van der Waals surface area contributed by atoms with E-state index in [4.69, 9.17) is 18.9 Å². The predicted octanol–water partition coefficient (Wildman–Crippen LogP) is 3.30. The molecule has 1 aliphatic heterocycles. The normalized spacial score (nSPS) is 14.0. The molecule has 0 bridgehead atoms. The number of esters is 1. The zero-order valence-electron chi connectivity index (χ0n) is 15.2. The lowest BCUT2D eigenvalue weighted by Gasteiger charge is -2.18. The van der Waals surface area contributed by atoms with Crippen molar-refractivity contribution in [3.63, 3.8) is 0 Å². The quantitative estimate of drug-likeness (QED) is 0.332. The Morgan fingerprint density at radius 3 is 2.74 bits per heavy atom. The van der Waals surface area contributed by atoms with E-state index in [-0.39, 0.29) is 22.8 Å². The molecule has 2 aromatic carbocycles. The number of nitro benzene ring substituents is 1. The molecule has 2 aromatic rings. The average molecular weight is 373 g/mol. The summed E-state index contributed by atoms with van der Waals surface area (Å²) >= 11 is 0. The molecule has 0 spiro atoms. The van der Waals surface area contributed by atoms with Gasteiger partial charge in [0.05, 0.1) is 18.1 Å². The highest BCUT2D eigenvalue weighted by atomic mass is 16.6. The number of nitro groups is 1. The number of ether oxygens (including phenoxy) is 4. The maximum atomic E-state index is 12.1. The van der Waals surface area contributed by atoms with Crippen LogP contribution in [0.1, 0.15) is 19.4 Å². The fourth-order valence-corrected chi connectivity index (χ4v) is 2.84. The van der Waals surface area contributed by atoms with Gasteiger partial charge >= 0.3 is 11.7 Å². The number of nitrogens with zero attached hydrogens (tertiary/aromatic N) is 1. The summed E-state index contributed by atoms with van der Waals surface area (Å²) in [4.78, 5) is 22.6. The minimum absolute atomic E-state index is 0.176. The van der Waals surface area contributed by atoms with Crippen molar-refractivity contribution < 1.29 is 28.7 Å². The number of hydrogen-bond donors (Lipinski definition) is 0. The smallest absolute Gasteiger partial charge is 0.349 e. The summed E-state index contributed by atoms with van der Waals surface area (Å²) in [6.45, 7) is 3.52. The molecule has 27 heavy (non-hydrogen) atoms. The summed E-state index contributed by atoms with van der Waals surface area (Å²) in [6.07, 6.45) is 0.738. The predicted molar refractivity (Wildman–Crippen MR) is 95.6 cm³/mol. The van der Waals surface area contributed by atoms with E-state index in [1.165, 1.54) is 25.3 Å². The van der Waals surface area contributed by atoms with E-state index in [9.17, 15) is 14.9 Å². The Balaban J connectivity index is 1.69. The largest absolute Gasteiger partial charge is 0.496 e. The number of hydrogen-bond acceptors (Lipinski definition) is 7. The Bertz CT molecular complexity index is 892. The summed E-state index contributed by atoms with van der Waals surface area (Å²) < 4.78 is 21.4. The van der Waals surface area contributed by atoms with Crippen molar-refractivity contribution in [2.24, 2.45) is 0 Å². The third-order valence-corrected chi connectivity index (χ3v) is 3.99. The van der Waals surface area contributed by atoms with Crippen molar-refractivity contribution in [1.82, 2.24) is 0 Å². The first-order valence-electron chi connectivity index (χ1n) is 8.26. The molecule has 0 saturated heterocycles. The molecule has 1 heterocycles. The maximum absolute atomic E-state index is 12.1. The van der Waals surface area contributed by atoms with Crippen molar-refractivity contribution in [2.75, 3.05) is 13.7 Å². The van der Waals surface area contributed by atoms with Crippen molar-refractivity contribution in [1.29, 1.82) is 0 Å². The molecule has 0 atom stereocenters. The van der Waals surface area contributed by atoms with Gasteiger partial charge in [-0.05, 0) is 32.0 Å². The molecule has 8 heteroatoms. The van der Waals surface area contributed by atoms with Crippen LogP contribution in [0.4, 0.5) is 5.69 Å². The SMILES string of the molecule is COc1ccc(OC(=O)COc2cccc3c2OC(C)(C)C3)c([N+](=O)[O-])c1. The first kappa shape index (κ1) is 18.5. The maximum Gasteiger partial charge on any atom is 0.349 e. The average Bonchev–Trinajstić information content (AvgIpc) is 2.94. The lowest BCUT2D eigenvalue weighted by molar-refractivity contribution is -0.385. The molecule has 3 rings (SSSR count). The molecular formula is C19H19NO7. The van der Waals surface area contributed by atoms with Gasteiger partial charge in [-0.1, -0.05) is 12.1 Å². The number of carbonyl (C=O) groups is 1. The highest BCUT2D eigenvalue weighted by Crippen LogP contribution is 2.41. The van der Waals surface area contributed by atoms with Crippen LogP contribution in [0.3, 0.4) is 0 Å². The van der Waals surface area contributed by atoms with Crippen LogP contribution in [0.25, 0.3) is 0 Å². The summed E-state index contributed by atoms with van der Waals surface area (Å²) in [5.41, 5.74) is 0.288. The first-order chi connectivity index (χ1) is 12.8. The molecule has 0 aromatic heterocycles. The number of benzene rings is 2. The van der Waals surface area contributed by atoms with Gasteiger partial charge in [-0.3, -0.25) is 10.1 Å². The van der Waals surface area contributed by atoms with Crippen LogP contribution in [-0.2, 0) is 11.2 Å². The van der Waals surface area contributed by atoms with E-state index in [0.29, 0.717) is 11.5 Å². The third-order valence-electron chi connectivity index (χ3n) is 3.99. The Morgan fingerprint density at radius 2 is 2.04 bits per heavy atom. The van der Waals surface area contributed by atoms with E-state index in [0.717, 1.165) is 12.0 Å². The minimum atomic E-state index is -0.766. The zero-order valence-corrected chi connectivity index (χ0v) is 15.2. The van der Waals surface area contributed by atoms with Crippen LogP contribution in [0.5, 0.6) is 23.0 Å². The van der Waals surface area contributed by atoms with Crippen molar-refractivity contribution >= 4 is 11.7 Å². The van der Waals surface area contributed by atoms with Gasteiger partial charge in [0, 0.05) is 12.0 Å². The molecular weight excluding hydrogens is 354 g/mol. The van der Waals surface area contributed by atoms with E-state index in [2.05, 4.69) is 0 Å². The van der Waals surface area contributed by atoms with E-state index in [1.54, 1.807) is 6.07 Å². The fraction of sp³-hybridized carbons (Fsp3) is 0.316. The van der Waals surface area contributed by atoms with Crippen molar-refractivity contribution in [3.05, 3.63) is 52.1 Å². The Hall–Kier alpha value is -3.29. The van der Waals surface area contributed by atoms with Crippen LogP contribution in [-0.4, -0.2) is 30.2 Å². The van der Waals surface area contributed by atoms with Gasteiger partial charge < -0.3 is 18.9 Å². The molecule has 0 aliphatic carbocycles. The van der Waals surface area contributed by atoms with Gasteiger partial charge in [0.15, 0.2) is 18.1 Å². The third kappa shape index (κ3) is 4.11. The number of carbonyl (C=O) groups excluding carboxylic acids is 1. The second kappa shape index (κ2) is 7.14. The number of methoxy groups -OCH3 is 1. The summed E-state index contributed by atoms with van der Waals surface area (Å²) in [6, 6.07) is 9.42. The van der Waals surface area contributed by atoms with Gasteiger partial charge in [0.2, 0.25) is 5.75 Å². The van der Waals surface area contributed by atoms with Gasteiger partial charge in [0.25, 0.3) is 0 Å². The van der Waals surface area contributed by atoms with Crippen LogP contribution >= 0.6 is 0 Å². The van der Waals surface area contributed by atoms with E-state index in [1.807, 2.05) is 26.0 Å². The van der Waals surface area contributed by atoms with Crippen LogP contribution in [0, 0.1) is 10.1 Å². The Morgan fingerprint density at radius 1 is 1.26 bits per heavy atom. The summed E-state index contributed by atoms with van der Waals surface area (Å²) in [7, 11) is 1.39. The highest BCUT2D eigenvalue weighted by Gasteiger charge is 2.32. The number of para-hydroxylation sites is 1. The molecule has 0 N–H and O–H groups in total. The van der Waals surface area contributed by atoms with Gasteiger partial charge in [-0.25, -0.2) is 4.79 Å². The van der Waals surface area contributed by atoms with Crippen LogP contribution < -0.4 is 18.9 Å². The fourth-order valence-electron chi connectivity index (χ4n) is 2.84. The highest BCUT2D eigenvalue weighted by molar-refractivity contribution is 5.75. The van der Waals surface area contributed by atoms with Gasteiger partial charge in [0.1, 0.15) is 11.4 Å². The number of fused-ring (bicyclic) bond motifs is 1. The second-order valence-corrected chi connectivity index (χ2v) is 6.64. The molecule has 1 aliphatic rings. The second-order valence-electron chi connectivity index (χ2n) is 6.64. The summed E-state index contributed by atoms with van der Waals surface area (Å²) in [5, 5.41) is 11.2. The number of rotatable bonds is 6. The monoisotopic (exact) mass is 373 g/mol. The topological polar surface area (TPSA) is 97.1 Å². The molecule has 142 valence electrons. The van der Waals surface area contributed by atoms with Crippen LogP contribution in [0.2, 0.25) is 0 Å². The van der Waals surface area contributed by atoms with Crippen LogP contribution in [0.15, 0.2) is 36.4 Å². The molecule has 0 fully saturated rings. The summed E-state index contributed by atoms with van der Waals surface area (Å²) in [5.74, 6) is 0.380. The van der Waals surface area contributed by atoms with Gasteiger partial charge in [-0.2, -0.15) is 0 Å². The lowest BCUT2D eigenvalue weighted by Crippen LogP contribution is -2.25. The zero-order chi connectivity index (χ0) is 19.6. The lowest BCUT2D eigenvalue weighted by atomic mass is 10.0. The van der Waals surface area contributed by atoms with Crippen molar-refractivity contribution in [2.45, 2.75) is 25.9 Å². The van der Waals surface area contributed by atoms with E-state index >= 15 is 0 Å². The Kier molecular flexibility index (Phi) is 4.89. The Labute approximate surface area is 155 Å². The molecule has 0 saturated carbocycles. The molecule has 8 nitrogen and oxygen atoms in total. The van der Waals surface area contributed by atoms with E-state index < -0.39 is 17.5 Å². The van der Waals surface area contributed by atoms with Crippen molar-refractivity contribution in [3.8, 4) is 23.0 Å². The first-order valence-corrected chi connectivity index (χ1v) is 8.26. The van der Waals surface area contributed by atoms with Gasteiger partial charge in [-0.15, -0.1) is 0 Å². The molecule has 0 amide bonds. The molecule has 0 unspecified atom stereocenters. The minimum Gasteiger partial charge on any atom is -0.496 e. The molecule has 0 radical (unpaired) electrons. The standard InChI is InChI=1S/C19H19NO7/c1-19(2)10-12-5-4-6-16(18(12)27-19)25-11-17(21)26-15-8-7-13(24-3)9-14(15)20(22)23/h4-9H,10-11H2,1-3H3.